The molecule has 0 aromatic rings. The summed E-state index contributed by atoms with van der Waals surface area (Å²) in [5, 5.41) is 21.3. The van der Waals surface area contributed by atoms with Gasteiger partial charge in [-0.05, 0) is 6.92 Å². The zero-order valence-corrected chi connectivity index (χ0v) is 7.17. The van der Waals surface area contributed by atoms with Crippen LogP contribution >= 0.6 is 0 Å². The van der Waals surface area contributed by atoms with Crippen LogP contribution in [0, 0.1) is 0 Å². The molecule has 0 fully saturated rings. The molecular formula is C6H13F2N3O2. The van der Waals surface area contributed by atoms with Crippen LogP contribution < -0.4 is 11.1 Å². The average Bonchev–Trinajstić information content (AvgIpc) is 2.13. The van der Waals surface area contributed by atoms with Gasteiger partial charge in [-0.3, -0.25) is 0 Å². The maximum absolute atomic E-state index is 12.4. The Kier molecular flexibility index (Phi) is 4.57. The van der Waals surface area contributed by atoms with Crippen molar-refractivity contribution in [3.63, 3.8) is 0 Å². The van der Waals surface area contributed by atoms with Crippen LogP contribution in [-0.2, 0) is 0 Å². The first-order valence-corrected chi connectivity index (χ1v) is 3.62. The first-order chi connectivity index (χ1) is 5.93. The van der Waals surface area contributed by atoms with Crippen LogP contribution in [0.4, 0.5) is 8.78 Å². The van der Waals surface area contributed by atoms with Gasteiger partial charge < -0.3 is 21.4 Å². The molecule has 0 rings (SSSR count). The van der Waals surface area contributed by atoms with Gasteiger partial charge >= 0.3 is 0 Å². The van der Waals surface area contributed by atoms with Gasteiger partial charge in [-0.2, -0.15) is 0 Å². The first kappa shape index (κ1) is 12.0. The predicted molar refractivity (Wildman–Crippen MR) is 42.9 cm³/mol. The summed E-state index contributed by atoms with van der Waals surface area (Å²) in [7, 11) is 0. The second-order valence-corrected chi connectivity index (χ2v) is 2.64. The molecule has 0 aromatic carbocycles. The summed E-state index contributed by atoms with van der Waals surface area (Å²) < 4.78 is 24.8. The molecule has 5 nitrogen and oxygen atoms in total. The van der Waals surface area contributed by atoms with E-state index < -0.39 is 25.1 Å². The van der Waals surface area contributed by atoms with Crippen molar-refractivity contribution < 1.29 is 19.1 Å². The van der Waals surface area contributed by atoms with Gasteiger partial charge in [0.15, 0.2) is 5.84 Å². The van der Waals surface area contributed by atoms with Crippen molar-refractivity contribution in [2.75, 3.05) is 13.2 Å². The lowest BCUT2D eigenvalue weighted by atomic mass is 10.3. The number of hydrogen-bond acceptors (Lipinski definition) is 4. The van der Waals surface area contributed by atoms with Crippen LogP contribution in [0.3, 0.4) is 0 Å². The number of aliphatic hydroxyl groups excluding tert-OH is 1. The number of hydrogen-bond donors (Lipinski definition) is 4. The molecule has 78 valence electrons. The maximum Gasteiger partial charge on any atom is 0.282 e. The van der Waals surface area contributed by atoms with Crippen molar-refractivity contribution in [2.24, 2.45) is 10.9 Å². The molecule has 0 aliphatic rings. The molecule has 7 heteroatoms. The number of alkyl halides is 2. The summed E-state index contributed by atoms with van der Waals surface area (Å²) in [6.45, 7) is -0.494. The third-order valence-corrected chi connectivity index (χ3v) is 1.46. The van der Waals surface area contributed by atoms with Gasteiger partial charge in [-0.25, -0.2) is 8.78 Å². The lowest BCUT2D eigenvalue weighted by Gasteiger charge is -2.17. The number of aliphatic hydroxyl groups is 1. The second-order valence-electron chi connectivity index (χ2n) is 2.64. The summed E-state index contributed by atoms with van der Waals surface area (Å²) in [6.07, 6.45) is 0. The lowest BCUT2D eigenvalue weighted by molar-refractivity contribution is -0.0480. The number of nitrogens with two attached hydrogens (primary N) is 1. The molecule has 0 saturated heterocycles. The Morgan fingerprint density at radius 3 is 2.62 bits per heavy atom. The molecule has 5 N–H and O–H groups in total. The topological polar surface area (TPSA) is 90.9 Å². The molecular weight excluding hydrogens is 184 g/mol. The summed E-state index contributed by atoms with van der Waals surface area (Å²) in [4.78, 5) is 0. The third-order valence-electron chi connectivity index (χ3n) is 1.46. The Balaban J connectivity index is 3.89. The Morgan fingerprint density at radius 2 is 2.23 bits per heavy atom. The van der Waals surface area contributed by atoms with Crippen LogP contribution in [0.1, 0.15) is 6.92 Å². The van der Waals surface area contributed by atoms with E-state index in [1.165, 1.54) is 6.92 Å². The standard InChI is InChI=1S/C6H13F2N3O2/c1-4(5(9)11-13)10-2-6(7,8)3-12/h4,10,12-13H,2-3H2,1H3,(H2,9,11). The largest absolute Gasteiger partial charge is 0.409 e. The smallest absolute Gasteiger partial charge is 0.282 e. The second kappa shape index (κ2) is 4.93. The van der Waals surface area contributed by atoms with Crippen molar-refractivity contribution >= 4 is 5.84 Å². The van der Waals surface area contributed by atoms with Crippen LogP contribution in [-0.4, -0.2) is 41.3 Å². The highest BCUT2D eigenvalue weighted by atomic mass is 19.3. The highest BCUT2D eigenvalue weighted by Crippen LogP contribution is 2.09. The molecule has 0 aliphatic carbocycles. The monoisotopic (exact) mass is 197 g/mol. The molecule has 0 aromatic heterocycles. The van der Waals surface area contributed by atoms with E-state index in [9.17, 15) is 8.78 Å². The summed E-state index contributed by atoms with van der Waals surface area (Å²) in [5.41, 5.74) is 5.12. The van der Waals surface area contributed by atoms with Crippen molar-refractivity contribution in [1.29, 1.82) is 0 Å². The molecule has 13 heavy (non-hydrogen) atoms. The molecule has 1 atom stereocenters. The predicted octanol–water partition coefficient (Wildman–Crippen LogP) is -0.662. The van der Waals surface area contributed by atoms with E-state index in [-0.39, 0.29) is 5.84 Å². The Labute approximate surface area is 74.2 Å². The van der Waals surface area contributed by atoms with Crippen LogP contribution in [0.15, 0.2) is 5.16 Å². The number of nitrogens with one attached hydrogen (secondary N) is 1. The molecule has 0 amide bonds. The molecule has 1 unspecified atom stereocenters. The van der Waals surface area contributed by atoms with Crippen molar-refractivity contribution in [3.05, 3.63) is 0 Å². The fraction of sp³-hybridized carbons (Fsp3) is 0.833. The van der Waals surface area contributed by atoms with Gasteiger partial charge in [-0.15, -0.1) is 0 Å². The minimum absolute atomic E-state index is 0.186. The maximum atomic E-state index is 12.4. The van der Waals surface area contributed by atoms with Gasteiger partial charge in [0, 0.05) is 0 Å². The number of oxime groups is 1. The van der Waals surface area contributed by atoms with E-state index in [0.29, 0.717) is 0 Å². The van der Waals surface area contributed by atoms with Gasteiger partial charge in [0.1, 0.15) is 6.61 Å². The number of amidine groups is 1. The molecule has 0 radical (unpaired) electrons. The Hall–Kier alpha value is -0.950. The highest BCUT2D eigenvalue weighted by molar-refractivity contribution is 5.84. The molecule has 0 spiro atoms. The van der Waals surface area contributed by atoms with E-state index >= 15 is 0 Å². The van der Waals surface area contributed by atoms with Crippen molar-refractivity contribution in [1.82, 2.24) is 5.32 Å². The normalized spacial score (nSPS) is 15.8. The minimum Gasteiger partial charge on any atom is -0.409 e. The fourth-order valence-corrected chi connectivity index (χ4v) is 0.549. The number of rotatable bonds is 5. The SMILES string of the molecule is CC(NCC(F)(F)CO)C(N)=NO. The zero-order valence-electron chi connectivity index (χ0n) is 7.17. The van der Waals surface area contributed by atoms with Crippen LogP contribution in [0.25, 0.3) is 0 Å². The molecule has 0 heterocycles. The molecule has 0 saturated carbocycles. The Bertz CT molecular complexity index is 187. The average molecular weight is 197 g/mol. The minimum atomic E-state index is -3.19. The molecule has 0 bridgehead atoms. The Morgan fingerprint density at radius 1 is 1.69 bits per heavy atom. The van der Waals surface area contributed by atoms with Gasteiger partial charge in [0.25, 0.3) is 5.92 Å². The van der Waals surface area contributed by atoms with E-state index in [4.69, 9.17) is 16.0 Å². The van der Waals surface area contributed by atoms with Crippen LogP contribution in [0.5, 0.6) is 0 Å². The van der Waals surface area contributed by atoms with E-state index in [1.54, 1.807) is 0 Å². The van der Waals surface area contributed by atoms with Crippen molar-refractivity contribution in [3.8, 4) is 0 Å². The van der Waals surface area contributed by atoms with Gasteiger partial charge in [0.2, 0.25) is 0 Å². The van der Waals surface area contributed by atoms with E-state index in [2.05, 4.69) is 10.5 Å². The quantitative estimate of drug-likeness (QED) is 0.204. The number of halogens is 2. The summed E-state index contributed by atoms with van der Waals surface area (Å²) in [5.74, 6) is -3.38. The third kappa shape index (κ3) is 4.58. The molecule has 0 aliphatic heterocycles. The van der Waals surface area contributed by atoms with Gasteiger partial charge in [0.05, 0.1) is 12.6 Å². The van der Waals surface area contributed by atoms with E-state index in [1.807, 2.05) is 0 Å². The first-order valence-electron chi connectivity index (χ1n) is 3.62. The zero-order chi connectivity index (χ0) is 10.5. The van der Waals surface area contributed by atoms with Crippen molar-refractivity contribution in [2.45, 2.75) is 18.9 Å². The fourth-order valence-electron chi connectivity index (χ4n) is 0.549. The van der Waals surface area contributed by atoms with Gasteiger partial charge in [-0.1, -0.05) is 5.16 Å². The van der Waals surface area contributed by atoms with E-state index in [0.717, 1.165) is 0 Å². The lowest BCUT2D eigenvalue weighted by Crippen LogP contribution is -2.45. The highest BCUT2D eigenvalue weighted by Gasteiger charge is 2.28. The number of nitrogens with zero attached hydrogens (tertiary/aromatic N) is 1. The summed E-state index contributed by atoms with van der Waals surface area (Å²) >= 11 is 0. The summed E-state index contributed by atoms with van der Waals surface area (Å²) in [6, 6.07) is -0.664. The van der Waals surface area contributed by atoms with Crippen LogP contribution in [0.2, 0.25) is 0 Å².